The van der Waals surface area contributed by atoms with Crippen LogP contribution in [0.15, 0.2) is 54.6 Å². The molecular weight excluding hydrogens is 321 g/mol. The summed E-state index contributed by atoms with van der Waals surface area (Å²) in [4.78, 5) is 2.62. The summed E-state index contributed by atoms with van der Waals surface area (Å²) in [6, 6.07) is 16.4. The van der Waals surface area contributed by atoms with E-state index in [0.717, 1.165) is 18.5 Å². The Morgan fingerprint density at radius 3 is 2.67 bits per heavy atom. The minimum absolute atomic E-state index is 0.272. The second-order valence-corrected chi connectivity index (χ2v) is 7.24. The summed E-state index contributed by atoms with van der Waals surface area (Å²) in [6.45, 7) is 0.997. The lowest BCUT2D eigenvalue weighted by molar-refractivity contribution is 0.0951. The van der Waals surface area contributed by atoms with Crippen LogP contribution in [-0.4, -0.2) is 17.0 Å². The molecule has 2 bridgehead atoms. The predicted molar refractivity (Wildman–Crippen MR) is 97.4 cm³/mol. The van der Waals surface area contributed by atoms with E-state index in [4.69, 9.17) is 11.6 Å². The predicted octanol–water partition coefficient (Wildman–Crippen LogP) is 5.69. The van der Waals surface area contributed by atoms with E-state index in [-0.39, 0.29) is 5.82 Å². The van der Waals surface area contributed by atoms with Crippen LogP contribution in [0.1, 0.15) is 36.8 Å². The SMILES string of the molecule is Fc1ccc(C2=CC3CCCC(C2)N3Cc2ccccc2)c(Cl)c1. The molecule has 0 aromatic heterocycles. The zero-order valence-corrected chi connectivity index (χ0v) is 14.3. The van der Waals surface area contributed by atoms with Gasteiger partial charge in [0.05, 0.1) is 5.02 Å². The van der Waals surface area contributed by atoms with Crippen LogP contribution < -0.4 is 0 Å². The molecule has 2 aromatic carbocycles. The molecule has 0 saturated carbocycles. The van der Waals surface area contributed by atoms with Gasteiger partial charge in [-0.3, -0.25) is 4.90 Å². The van der Waals surface area contributed by atoms with Crippen molar-refractivity contribution in [1.29, 1.82) is 0 Å². The van der Waals surface area contributed by atoms with Gasteiger partial charge in [-0.25, -0.2) is 4.39 Å². The highest BCUT2D eigenvalue weighted by atomic mass is 35.5. The fourth-order valence-corrected chi connectivity index (χ4v) is 4.40. The van der Waals surface area contributed by atoms with Crippen LogP contribution in [0.5, 0.6) is 0 Å². The Hall–Kier alpha value is -1.64. The molecule has 0 amide bonds. The van der Waals surface area contributed by atoms with Crippen LogP contribution in [0.3, 0.4) is 0 Å². The van der Waals surface area contributed by atoms with Gasteiger partial charge in [-0.05, 0) is 48.1 Å². The average Bonchev–Trinajstić information content (AvgIpc) is 2.56. The lowest BCUT2D eigenvalue weighted by Crippen LogP contribution is -2.47. The zero-order valence-electron chi connectivity index (χ0n) is 13.6. The van der Waals surface area contributed by atoms with Crippen molar-refractivity contribution < 1.29 is 4.39 Å². The molecule has 2 aliphatic heterocycles. The van der Waals surface area contributed by atoms with Crippen LogP contribution in [-0.2, 0) is 6.54 Å². The first-order chi connectivity index (χ1) is 11.7. The van der Waals surface area contributed by atoms with E-state index in [1.807, 2.05) is 6.07 Å². The Kier molecular flexibility index (Phi) is 4.43. The number of benzene rings is 2. The van der Waals surface area contributed by atoms with Crippen LogP contribution >= 0.6 is 11.6 Å². The first-order valence-corrected chi connectivity index (χ1v) is 9.04. The van der Waals surface area contributed by atoms with Gasteiger partial charge in [0.15, 0.2) is 0 Å². The van der Waals surface area contributed by atoms with Gasteiger partial charge in [-0.2, -0.15) is 0 Å². The van der Waals surface area contributed by atoms with Crippen LogP contribution in [0.25, 0.3) is 5.57 Å². The normalized spacial score (nSPS) is 23.8. The fraction of sp³-hybridized carbons (Fsp3) is 0.333. The minimum Gasteiger partial charge on any atom is -0.289 e. The highest BCUT2D eigenvalue weighted by molar-refractivity contribution is 6.32. The molecule has 1 fully saturated rings. The number of nitrogens with zero attached hydrogens (tertiary/aromatic N) is 1. The summed E-state index contributed by atoms with van der Waals surface area (Å²) in [5.41, 5.74) is 3.64. The molecule has 2 atom stereocenters. The van der Waals surface area contributed by atoms with Crippen molar-refractivity contribution in [3.05, 3.63) is 76.6 Å². The van der Waals surface area contributed by atoms with Gasteiger partial charge in [0, 0.05) is 18.6 Å². The monoisotopic (exact) mass is 341 g/mol. The maximum Gasteiger partial charge on any atom is 0.124 e. The number of fused-ring (bicyclic) bond motifs is 2. The third-order valence-electron chi connectivity index (χ3n) is 5.27. The van der Waals surface area contributed by atoms with Gasteiger partial charge in [0.2, 0.25) is 0 Å². The number of hydrogen-bond acceptors (Lipinski definition) is 1. The van der Waals surface area contributed by atoms with Crippen LogP contribution in [0.4, 0.5) is 4.39 Å². The Balaban J connectivity index is 1.62. The van der Waals surface area contributed by atoms with Gasteiger partial charge in [-0.1, -0.05) is 60.5 Å². The molecule has 0 N–H and O–H groups in total. The smallest absolute Gasteiger partial charge is 0.124 e. The number of hydrogen-bond donors (Lipinski definition) is 0. The average molecular weight is 342 g/mol. The lowest BCUT2D eigenvalue weighted by atomic mass is 9.82. The maximum absolute atomic E-state index is 13.3. The van der Waals surface area contributed by atoms with Gasteiger partial charge >= 0.3 is 0 Å². The van der Waals surface area contributed by atoms with Crippen molar-refractivity contribution in [3.63, 3.8) is 0 Å². The molecule has 124 valence electrons. The molecule has 0 radical (unpaired) electrons. The second-order valence-electron chi connectivity index (χ2n) is 6.83. The molecule has 2 aliphatic rings. The van der Waals surface area contributed by atoms with Crippen molar-refractivity contribution in [2.75, 3.05) is 0 Å². The number of rotatable bonds is 3. The highest BCUT2D eigenvalue weighted by Gasteiger charge is 2.34. The van der Waals surface area contributed by atoms with E-state index in [1.54, 1.807) is 0 Å². The molecule has 4 rings (SSSR count). The van der Waals surface area contributed by atoms with E-state index < -0.39 is 0 Å². The van der Waals surface area contributed by atoms with E-state index >= 15 is 0 Å². The molecule has 0 aliphatic carbocycles. The van der Waals surface area contributed by atoms with Gasteiger partial charge < -0.3 is 0 Å². The molecule has 0 spiro atoms. The molecule has 2 unspecified atom stereocenters. The zero-order chi connectivity index (χ0) is 16.5. The fourth-order valence-electron chi connectivity index (χ4n) is 4.11. The summed E-state index contributed by atoms with van der Waals surface area (Å²) in [7, 11) is 0. The van der Waals surface area contributed by atoms with Crippen molar-refractivity contribution in [2.24, 2.45) is 0 Å². The molecule has 2 aromatic rings. The standard InChI is InChI=1S/C21H21ClFN/c22-21-13-17(23)9-10-20(21)16-11-18-7-4-8-19(12-16)24(18)14-15-5-2-1-3-6-15/h1-3,5-6,9-11,13,18-19H,4,7-8,12,14H2. The maximum atomic E-state index is 13.3. The number of halogens is 2. The van der Waals surface area contributed by atoms with Gasteiger partial charge in [0.25, 0.3) is 0 Å². The first-order valence-electron chi connectivity index (χ1n) is 8.66. The molecule has 3 heteroatoms. The van der Waals surface area contributed by atoms with Crippen molar-refractivity contribution in [2.45, 2.75) is 44.3 Å². The van der Waals surface area contributed by atoms with Crippen molar-refractivity contribution in [1.82, 2.24) is 4.90 Å². The molecule has 1 saturated heterocycles. The van der Waals surface area contributed by atoms with E-state index in [2.05, 4.69) is 41.3 Å². The molecule has 2 heterocycles. The Morgan fingerprint density at radius 1 is 1.08 bits per heavy atom. The van der Waals surface area contributed by atoms with Gasteiger partial charge in [0.1, 0.15) is 5.82 Å². The van der Waals surface area contributed by atoms with Crippen LogP contribution in [0, 0.1) is 5.82 Å². The molecule has 24 heavy (non-hydrogen) atoms. The highest BCUT2D eigenvalue weighted by Crippen LogP contribution is 2.39. The summed E-state index contributed by atoms with van der Waals surface area (Å²) in [5, 5.41) is 0.524. The third kappa shape index (κ3) is 3.13. The Labute approximate surface area is 147 Å². The quantitative estimate of drug-likeness (QED) is 0.693. The summed E-state index contributed by atoms with van der Waals surface area (Å²) in [6.07, 6.45) is 7.04. The van der Waals surface area contributed by atoms with E-state index in [0.29, 0.717) is 17.1 Å². The largest absolute Gasteiger partial charge is 0.289 e. The van der Waals surface area contributed by atoms with E-state index in [9.17, 15) is 4.39 Å². The van der Waals surface area contributed by atoms with E-state index in [1.165, 1.54) is 42.5 Å². The first kappa shape index (κ1) is 15.9. The summed E-state index contributed by atoms with van der Waals surface area (Å²) in [5.74, 6) is -0.272. The summed E-state index contributed by atoms with van der Waals surface area (Å²) < 4.78 is 13.3. The second kappa shape index (κ2) is 6.70. The van der Waals surface area contributed by atoms with Crippen molar-refractivity contribution >= 4 is 17.2 Å². The summed E-state index contributed by atoms with van der Waals surface area (Å²) >= 11 is 6.29. The van der Waals surface area contributed by atoms with Gasteiger partial charge in [-0.15, -0.1) is 0 Å². The van der Waals surface area contributed by atoms with Crippen molar-refractivity contribution in [3.8, 4) is 0 Å². The topological polar surface area (TPSA) is 3.24 Å². The number of piperidine rings is 1. The Bertz CT molecular complexity index is 756. The van der Waals surface area contributed by atoms with Crippen LogP contribution in [0.2, 0.25) is 5.02 Å². The Morgan fingerprint density at radius 2 is 1.92 bits per heavy atom. The molecular formula is C21H21ClFN. The third-order valence-corrected chi connectivity index (χ3v) is 5.58. The molecule has 1 nitrogen and oxygen atoms in total. The minimum atomic E-state index is -0.272. The lowest BCUT2D eigenvalue weighted by Gasteiger charge is -2.45.